The van der Waals surface area contributed by atoms with Crippen molar-refractivity contribution in [3.05, 3.63) is 54.1 Å². The lowest BCUT2D eigenvalue weighted by Crippen LogP contribution is -2.46. The third kappa shape index (κ3) is 6.80. The summed E-state index contributed by atoms with van der Waals surface area (Å²) in [5.74, 6) is -0.554. The highest BCUT2D eigenvalue weighted by molar-refractivity contribution is 7.89. The van der Waals surface area contributed by atoms with Crippen molar-refractivity contribution in [2.45, 2.75) is 38.3 Å². The van der Waals surface area contributed by atoms with Gasteiger partial charge in [-0.15, -0.1) is 0 Å². The fourth-order valence-electron chi connectivity index (χ4n) is 3.01. The van der Waals surface area contributed by atoms with Crippen molar-refractivity contribution in [1.82, 2.24) is 9.62 Å². The molecule has 0 aliphatic rings. The maximum absolute atomic E-state index is 12.9. The van der Waals surface area contributed by atoms with Gasteiger partial charge in [0.2, 0.25) is 21.8 Å². The fourth-order valence-corrected chi connectivity index (χ4v) is 4.21. The van der Waals surface area contributed by atoms with Crippen molar-refractivity contribution >= 4 is 33.2 Å². The van der Waals surface area contributed by atoms with Crippen LogP contribution in [0.4, 0.5) is 11.4 Å². The van der Waals surface area contributed by atoms with Gasteiger partial charge in [0, 0.05) is 45.5 Å². The highest BCUT2D eigenvalue weighted by atomic mass is 32.2. The molecule has 0 saturated heterocycles. The van der Waals surface area contributed by atoms with Crippen molar-refractivity contribution < 1.29 is 18.0 Å². The van der Waals surface area contributed by atoms with Crippen LogP contribution < -0.4 is 14.9 Å². The third-order valence-electron chi connectivity index (χ3n) is 4.71. The summed E-state index contributed by atoms with van der Waals surface area (Å²) in [6, 6.07) is 12.7. The normalized spacial score (nSPS) is 12.2. The summed E-state index contributed by atoms with van der Waals surface area (Å²) >= 11 is 0. The zero-order valence-electron chi connectivity index (χ0n) is 18.5. The molecule has 0 bridgehead atoms. The number of likely N-dealkylation sites (N-methyl/N-ethyl adjacent to an activating group) is 1. The molecule has 2 aromatic carbocycles. The van der Waals surface area contributed by atoms with E-state index in [4.69, 9.17) is 0 Å². The maximum Gasteiger partial charge on any atom is 0.241 e. The first-order chi connectivity index (χ1) is 14.5. The van der Waals surface area contributed by atoms with Crippen LogP contribution in [0.25, 0.3) is 0 Å². The Morgan fingerprint density at radius 1 is 1.00 bits per heavy atom. The van der Waals surface area contributed by atoms with Crippen LogP contribution in [0.1, 0.15) is 26.3 Å². The van der Waals surface area contributed by atoms with Crippen molar-refractivity contribution in [2.75, 3.05) is 30.9 Å². The van der Waals surface area contributed by atoms with Gasteiger partial charge in [0.05, 0.1) is 10.9 Å². The summed E-state index contributed by atoms with van der Waals surface area (Å²) < 4.78 is 27.8. The molecule has 2 amide bonds. The summed E-state index contributed by atoms with van der Waals surface area (Å²) in [7, 11) is 0.0176. The number of carbonyl (C=O) groups is 2. The zero-order valence-corrected chi connectivity index (χ0v) is 19.4. The number of amides is 2. The van der Waals surface area contributed by atoms with Gasteiger partial charge in [0.15, 0.2) is 0 Å². The predicted molar refractivity (Wildman–Crippen MR) is 122 cm³/mol. The number of rotatable bonds is 9. The summed E-state index contributed by atoms with van der Waals surface area (Å²) in [6.45, 7) is 5.60. The van der Waals surface area contributed by atoms with Gasteiger partial charge in [-0.05, 0) is 55.8 Å². The number of anilines is 2. The van der Waals surface area contributed by atoms with Gasteiger partial charge in [-0.2, -0.15) is 4.72 Å². The molecule has 2 rings (SSSR count). The van der Waals surface area contributed by atoms with Gasteiger partial charge in [-0.25, -0.2) is 8.42 Å². The summed E-state index contributed by atoms with van der Waals surface area (Å²) in [6.07, 6.45) is 0. The van der Waals surface area contributed by atoms with Crippen LogP contribution in [0, 0.1) is 0 Å². The molecule has 0 fully saturated rings. The Balaban J connectivity index is 2.06. The van der Waals surface area contributed by atoms with E-state index in [0.717, 1.165) is 11.3 Å². The maximum atomic E-state index is 12.9. The number of sulfonamides is 1. The largest absolute Gasteiger partial charge is 0.378 e. The second-order valence-electron chi connectivity index (χ2n) is 7.46. The SMILES string of the molecule is CCN(Cc1ccc(N(C)C)cc1)C(=O)[C@H](C)NS(=O)(=O)c1ccc(NC(C)=O)cc1. The average Bonchev–Trinajstić information content (AvgIpc) is 2.71. The molecule has 0 unspecified atom stereocenters. The Labute approximate surface area is 184 Å². The minimum Gasteiger partial charge on any atom is -0.378 e. The van der Waals surface area contributed by atoms with E-state index in [0.29, 0.717) is 18.8 Å². The van der Waals surface area contributed by atoms with Crippen molar-refractivity contribution in [3.8, 4) is 0 Å². The molecule has 0 heterocycles. The Bertz CT molecular complexity index is 1000. The van der Waals surface area contributed by atoms with E-state index in [1.807, 2.05) is 50.2 Å². The summed E-state index contributed by atoms with van der Waals surface area (Å²) in [5.41, 5.74) is 2.52. The Kier molecular flexibility index (Phi) is 8.18. The highest BCUT2D eigenvalue weighted by Gasteiger charge is 2.25. The van der Waals surface area contributed by atoms with Crippen LogP contribution in [0.3, 0.4) is 0 Å². The first-order valence-corrected chi connectivity index (χ1v) is 11.5. The molecule has 0 radical (unpaired) electrons. The fraction of sp³-hybridized carbons (Fsp3) is 0.364. The second kappa shape index (κ2) is 10.4. The minimum atomic E-state index is -3.90. The monoisotopic (exact) mass is 446 g/mol. The highest BCUT2D eigenvalue weighted by Crippen LogP contribution is 2.16. The second-order valence-corrected chi connectivity index (χ2v) is 9.18. The third-order valence-corrected chi connectivity index (χ3v) is 6.26. The molecule has 0 aromatic heterocycles. The van der Waals surface area contributed by atoms with E-state index < -0.39 is 16.1 Å². The first kappa shape index (κ1) is 24.4. The lowest BCUT2D eigenvalue weighted by molar-refractivity contribution is -0.133. The predicted octanol–water partition coefficient (Wildman–Crippen LogP) is 2.43. The zero-order chi connectivity index (χ0) is 23.2. The van der Waals surface area contributed by atoms with Gasteiger partial charge in [-0.1, -0.05) is 12.1 Å². The van der Waals surface area contributed by atoms with Crippen LogP contribution >= 0.6 is 0 Å². The van der Waals surface area contributed by atoms with Crippen molar-refractivity contribution in [1.29, 1.82) is 0 Å². The van der Waals surface area contributed by atoms with E-state index in [1.54, 1.807) is 4.90 Å². The van der Waals surface area contributed by atoms with Crippen molar-refractivity contribution in [3.63, 3.8) is 0 Å². The van der Waals surface area contributed by atoms with Gasteiger partial charge < -0.3 is 15.1 Å². The molecule has 0 saturated carbocycles. The molecule has 1 atom stereocenters. The standard InChI is InChI=1S/C22H30N4O4S/c1-6-26(15-18-7-11-20(12-8-18)25(4)5)22(28)16(2)24-31(29,30)21-13-9-19(10-14-21)23-17(3)27/h7-14,16,24H,6,15H2,1-5H3,(H,23,27)/t16-/m0/s1. The molecule has 0 aliphatic heterocycles. The van der Waals surface area contributed by atoms with Gasteiger partial charge >= 0.3 is 0 Å². The number of carbonyl (C=O) groups excluding carboxylic acids is 2. The van der Waals surface area contributed by atoms with E-state index >= 15 is 0 Å². The van der Waals surface area contributed by atoms with Gasteiger partial charge in [0.1, 0.15) is 0 Å². The van der Waals surface area contributed by atoms with Gasteiger partial charge in [0.25, 0.3) is 0 Å². The molecule has 0 spiro atoms. The number of hydrogen-bond acceptors (Lipinski definition) is 5. The quantitative estimate of drug-likeness (QED) is 0.616. The smallest absolute Gasteiger partial charge is 0.241 e. The topological polar surface area (TPSA) is 98.8 Å². The Hall–Kier alpha value is -2.91. The van der Waals surface area contributed by atoms with Crippen LogP contribution in [0.2, 0.25) is 0 Å². The van der Waals surface area contributed by atoms with E-state index in [9.17, 15) is 18.0 Å². The summed E-state index contributed by atoms with van der Waals surface area (Å²) in [4.78, 5) is 27.6. The number of benzene rings is 2. The molecule has 168 valence electrons. The molecule has 2 aromatic rings. The molecule has 31 heavy (non-hydrogen) atoms. The molecule has 9 heteroatoms. The van der Waals surface area contributed by atoms with E-state index in [2.05, 4.69) is 10.0 Å². The minimum absolute atomic E-state index is 0.0172. The Morgan fingerprint density at radius 3 is 2.06 bits per heavy atom. The lowest BCUT2D eigenvalue weighted by Gasteiger charge is -2.25. The summed E-state index contributed by atoms with van der Waals surface area (Å²) in [5, 5.41) is 2.58. The van der Waals surface area contributed by atoms with Crippen LogP contribution in [0.5, 0.6) is 0 Å². The molecular formula is C22H30N4O4S. The first-order valence-electron chi connectivity index (χ1n) is 9.98. The number of hydrogen-bond donors (Lipinski definition) is 2. The molecular weight excluding hydrogens is 416 g/mol. The van der Waals surface area contributed by atoms with Crippen LogP contribution in [0.15, 0.2) is 53.4 Å². The lowest BCUT2D eigenvalue weighted by atomic mass is 10.1. The Morgan fingerprint density at radius 2 is 1.58 bits per heavy atom. The van der Waals surface area contributed by atoms with Crippen LogP contribution in [-0.2, 0) is 26.2 Å². The molecule has 0 aliphatic carbocycles. The number of nitrogens with zero attached hydrogens (tertiary/aromatic N) is 2. The van der Waals surface area contributed by atoms with Crippen molar-refractivity contribution in [2.24, 2.45) is 0 Å². The molecule has 2 N–H and O–H groups in total. The molecule has 8 nitrogen and oxygen atoms in total. The van der Waals surface area contributed by atoms with E-state index in [-0.39, 0.29) is 16.7 Å². The number of nitrogens with one attached hydrogen (secondary N) is 2. The van der Waals surface area contributed by atoms with E-state index in [1.165, 1.54) is 38.1 Å². The average molecular weight is 447 g/mol. The van der Waals surface area contributed by atoms with Crippen LogP contribution in [-0.4, -0.2) is 51.8 Å². The van der Waals surface area contributed by atoms with Gasteiger partial charge in [-0.3, -0.25) is 9.59 Å².